The molecule has 1 unspecified atom stereocenters. The lowest BCUT2D eigenvalue weighted by molar-refractivity contribution is 0.151. The van der Waals surface area contributed by atoms with E-state index in [0.717, 1.165) is 23.9 Å². The highest BCUT2D eigenvalue weighted by molar-refractivity contribution is 7.47. The standard InChI is InChI=1S/C22H24N5O7P/c1-12-6-15(9-17(7-12)31-4)25-21-23-11-14(3)20(26-21)24-16-8-13(2)19-18(10-16)27(22(28)33-19)34-35(29,30)32-5/h6-11H,1-5H3,(H,29,30)(H2,23,24,25,26). The number of hydrogen-bond acceptors (Lipinski definition) is 10. The minimum absolute atomic E-state index is 0.140. The first-order valence-corrected chi connectivity index (χ1v) is 11.9. The number of phosphoric ester groups is 1. The molecule has 13 heteroatoms. The van der Waals surface area contributed by atoms with Crippen LogP contribution < -0.4 is 25.8 Å². The van der Waals surface area contributed by atoms with Crippen molar-refractivity contribution in [3.63, 3.8) is 0 Å². The van der Waals surface area contributed by atoms with E-state index >= 15 is 0 Å². The molecule has 0 fully saturated rings. The van der Waals surface area contributed by atoms with E-state index in [1.54, 1.807) is 26.3 Å². The fraction of sp³-hybridized carbons (Fsp3) is 0.227. The van der Waals surface area contributed by atoms with Crippen molar-refractivity contribution in [3.8, 4) is 5.75 Å². The number of phosphoric acid groups is 1. The van der Waals surface area contributed by atoms with Crippen molar-refractivity contribution in [2.75, 3.05) is 24.9 Å². The Morgan fingerprint density at radius 2 is 1.77 bits per heavy atom. The van der Waals surface area contributed by atoms with Crippen LogP contribution in [0, 0.1) is 20.8 Å². The van der Waals surface area contributed by atoms with Gasteiger partial charge in [0.25, 0.3) is 0 Å². The van der Waals surface area contributed by atoms with Crippen LogP contribution in [0.25, 0.3) is 11.1 Å². The third kappa shape index (κ3) is 5.29. The molecule has 0 saturated heterocycles. The SMILES string of the molecule is COc1cc(C)cc(Nc2ncc(C)c(Nc3cc(C)c4oc(=O)n(OP(=O)(O)OC)c4c3)n2)c1. The first-order valence-electron chi connectivity index (χ1n) is 10.4. The Labute approximate surface area is 200 Å². The summed E-state index contributed by atoms with van der Waals surface area (Å²) in [5, 5.41) is 6.35. The first kappa shape index (κ1) is 24.3. The largest absolute Gasteiger partial charge is 0.546 e. The molecule has 2 heterocycles. The molecule has 0 bridgehead atoms. The van der Waals surface area contributed by atoms with Crippen LogP contribution in [-0.2, 0) is 9.09 Å². The van der Waals surface area contributed by atoms with Crippen molar-refractivity contribution in [3.05, 3.63) is 63.8 Å². The summed E-state index contributed by atoms with van der Waals surface area (Å²) in [5.41, 5.74) is 3.99. The number of anilines is 4. The molecule has 2 aromatic heterocycles. The topological polar surface area (TPSA) is 150 Å². The lowest BCUT2D eigenvalue weighted by Gasteiger charge is -2.13. The smallest absolute Gasteiger partial charge is 0.497 e. The van der Waals surface area contributed by atoms with E-state index in [-0.39, 0.29) is 11.1 Å². The zero-order valence-corrected chi connectivity index (χ0v) is 20.5. The predicted molar refractivity (Wildman–Crippen MR) is 130 cm³/mol. The van der Waals surface area contributed by atoms with Gasteiger partial charge in [0.2, 0.25) is 5.95 Å². The summed E-state index contributed by atoms with van der Waals surface area (Å²) >= 11 is 0. The second-order valence-electron chi connectivity index (χ2n) is 7.75. The van der Waals surface area contributed by atoms with Gasteiger partial charge in [0.15, 0.2) is 5.58 Å². The Hall–Kier alpha value is -3.86. The molecule has 0 spiro atoms. The van der Waals surface area contributed by atoms with Gasteiger partial charge in [-0.15, -0.1) is 0 Å². The van der Waals surface area contributed by atoms with E-state index in [0.29, 0.717) is 33.5 Å². The number of aromatic nitrogens is 3. The number of nitrogens with zero attached hydrogens (tertiary/aromatic N) is 3. The molecule has 0 aliphatic rings. The van der Waals surface area contributed by atoms with Gasteiger partial charge in [0, 0.05) is 36.3 Å². The van der Waals surface area contributed by atoms with Crippen LogP contribution in [0.4, 0.5) is 23.1 Å². The molecule has 12 nitrogen and oxygen atoms in total. The Bertz CT molecular complexity index is 1510. The van der Waals surface area contributed by atoms with E-state index in [1.165, 1.54) is 6.07 Å². The maximum atomic E-state index is 12.2. The van der Waals surface area contributed by atoms with Gasteiger partial charge >= 0.3 is 13.6 Å². The van der Waals surface area contributed by atoms with Gasteiger partial charge in [-0.2, -0.15) is 4.98 Å². The minimum atomic E-state index is -4.50. The molecule has 0 aliphatic heterocycles. The fourth-order valence-electron chi connectivity index (χ4n) is 3.38. The van der Waals surface area contributed by atoms with Crippen LogP contribution in [0.15, 0.2) is 45.7 Å². The average molecular weight is 501 g/mol. The number of oxazole rings is 1. The number of benzene rings is 2. The quantitative estimate of drug-likeness (QED) is 0.301. The second-order valence-corrected chi connectivity index (χ2v) is 9.22. The van der Waals surface area contributed by atoms with Crippen molar-refractivity contribution in [1.29, 1.82) is 0 Å². The molecular formula is C22H24N5O7P. The van der Waals surface area contributed by atoms with Gasteiger partial charge in [0.05, 0.1) is 7.11 Å². The van der Waals surface area contributed by atoms with Crippen molar-refractivity contribution >= 4 is 42.1 Å². The molecule has 0 radical (unpaired) electrons. The van der Waals surface area contributed by atoms with Gasteiger partial charge in [-0.25, -0.2) is 14.3 Å². The maximum Gasteiger partial charge on any atom is 0.546 e. The summed E-state index contributed by atoms with van der Waals surface area (Å²) in [5.74, 6) is 0.596. The molecule has 2 aromatic carbocycles. The van der Waals surface area contributed by atoms with E-state index in [9.17, 15) is 14.3 Å². The zero-order chi connectivity index (χ0) is 25.3. The van der Waals surface area contributed by atoms with Crippen LogP contribution in [0.5, 0.6) is 5.75 Å². The Balaban J connectivity index is 1.68. The first-order chi connectivity index (χ1) is 16.6. The van der Waals surface area contributed by atoms with E-state index in [2.05, 4.69) is 25.1 Å². The number of nitrogens with one attached hydrogen (secondary N) is 2. The second kappa shape index (κ2) is 9.41. The fourth-order valence-corrected chi connectivity index (χ4v) is 3.81. The van der Waals surface area contributed by atoms with Crippen molar-refractivity contribution in [1.82, 2.24) is 14.7 Å². The molecule has 184 valence electrons. The van der Waals surface area contributed by atoms with Gasteiger partial charge in [-0.3, -0.25) is 9.42 Å². The zero-order valence-electron chi connectivity index (χ0n) is 19.6. The highest BCUT2D eigenvalue weighted by Gasteiger charge is 2.25. The molecular weight excluding hydrogens is 477 g/mol. The molecule has 35 heavy (non-hydrogen) atoms. The van der Waals surface area contributed by atoms with E-state index < -0.39 is 13.6 Å². The summed E-state index contributed by atoms with van der Waals surface area (Å²) in [7, 11) is -1.92. The van der Waals surface area contributed by atoms with Gasteiger partial charge in [-0.1, -0.05) is 4.73 Å². The average Bonchev–Trinajstić information content (AvgIpc) is 3.11. The summed E-state index contributed by atoms with van der Waals surface area (Å²) in [6, 6.07) is 8.95. The lowest BCUT2D eigenvalue weighted by Crippen LogP contribution is -2.21. The predicted octanol–water partition coefficient (Wildman–Crippen LogP) is 3.98. The van der Waals surface area contributed by atoms with Crippen LogP contribution in [0.2, 0.25) is 0 Å². The number of ether oxygens (including phenoxy) is 1. The van der Waals surface area contributed by atoms with Gasteiger partial charge in [0.1, 0.15) is 17.1 Å². The number of methoxy groups -OCH3 is 1. The Morgan fingerprint density at radius 1 is 1.03 bits per heavy atom. The summed E-state index contributed by atoms with van der Waals surface area (Å²) in [4.78, 5) is 30.8. The van der Waals surface area contributed by atoms with Crippen LogP contribution in [0.3, 0.4) is 0 Å². The number of fused-ring (bicyclic) bond motifs is 1. The summed E-state index contributed by atoms with van der Waals surface area (Å²) in [6.07, 6.45) is 1.66. The number of hydrogen-bond donors (Lipinski definition) is 3. The third-order valence-corrected chi connectivity index (χ3v) is 5.85. The van der Waals surface area contributed by atoms with Crippen LogP contribution >= 0.6 is 7.82 Å². The highest BCUT2D eigenvalue weighted by Crippen LogP contribution is 2.38. The maximum absolute atomic E-state index is 12.2. The van der Waals surface area contributed by atoms with Gasteiger partial charge in [-0.05, 0) is 56.2 Å². The third-order valence-electron chi connectivity index (χ3n) is 5.02. The minimum Gasteiger partial charge on any atom is -0.497 e. The molecule has 1 atom stereocenters. The number of rotatable bonds is 8. The summed E-state index contributed by atoms with van der Waals surface area (Å²) < 4.78 is 32.2. The highest BCUT2D eigenvalue weighted by atomic mass is 31.2. The van der Waals surface area contributed by atoms with Gasteiger partial charge < -0.3 is 24.4 Å². The number of aryl methyl sites for hydroxylation is 3. The Kier molecular flexibility index (Phi) is 6.53. The molecule has 0 saturated carbocycles. The van der Waals surface area contributed by atoms with Crippen molar-refractivity contribution in [2.45, 2.75) is 20.8 Å². The van der Waals surface area contributed by atoms with Crippen LogP contribution in [0.1, 0.15) is 16.7 Å². The lowest BCUT2D eigenvalue weighted by atomic mass is 10.2. The van der Waals surface area contributed by atoms with E-state index in [1.807, 2.05) is 32.0 Å². The molecule has 3 N–H and O–H groups in total. The molecule has 4 aromatic rings. The molecule has 4 rings (SSSR count). The molecule has 0 amide bonds. The summed E-state index contributed by atoms with van der Waals surface area (Å²) in [6.45, 7) is 5.52. The normalized spacial score (nSPS) is 12.9. The molecule has 0 aliphatic carbocycles. The van der Waals surface area contributed by atoms with Crippen LogP contribution in [-0.4, -0.2) is 33.8 Å². The van der Waals surface area contributed by atoms with Crippen molar-refractivity contribution < 1.29 is 27.8 Å². The van der Waals surface area contributed by atoms with Crippen molar-refractivity contribution in [2.24, 2.45) is 0 Å². The monoisotopic (exact) mass is 501 g/mol. The van der Waals surface area contributed by atoms with E-state index in [4.69, 9.17) is 13.8 Å². The Morgan fingerprint density at radius 3 is 2.49 bits per heavy atom.